The zero-order valence-corrected chi connectivity index (χ0v) is 25.0. The maximum absolute atomic E-state index is 13.7. The molecular formula is C31H27F3N4O4S2. The molecule has 2 aromatic heterocycles. The predicted octanol–water partition coefficient (Wildman–Crippen LogP) is 6.29. The van der Waals surface area contributed by atoms with Crippen LogP contribution >= 0.6 is 11.3 Å². The number of alkyl halides is 3. The summed E-state index contributed by atoms with van der Waals surface area (Å²) >= 11 is 1.13. The molecule has 0 fully saturated rings. The van der Waals surface area contributed by atoms with Crippen molar-refractivity contribution in [3.05, 3.63) is 123 Å². The SMILES string of the molecule is CCCCc1nn(-c2ccccc2C(F)(F)F)c(=O)n1Cc1ccc(-c2ccc(S(=O)(=O)NC(=O)c3cccs3)cc2)cc1. The summed E-state index contributed by atoms with van der Waals surface area (Å²) in [6.07, 6.45) is -2.70. The molecule has 5 aromatic rings. The van der Waals surface area contributed by atoms with Crippen LogP contribution in [0.5, 0.6) is 0 Å². The zero-order chi connectivity index (χ0) is 31.5. The summed E-state index contributed by atoms with van der Waals surface area (Å²) in [5, 5.41) is 5.98. The van der Waals surface area contributed by atoms with Crippen LogP contribution < -0.4 is 10.4 Å². The van der Waals surface area contributed by atoms with Gasteiger partial charge in [0.2, 0.25) is 0 Å². The van der Waals surface area contributed by atoms with E-state index in [9.17, 15) is 31.2 Å². The second-order valence-electron chi connectivity index (χ2n) is 9.95. The highest BCUT2D eigenvalue weighted by atomic mass is 32.2. The number of unbranched alkanes of at least 4 members (excludes halogenated alkanes) is 1. The minimum Gasteiger partial charge on any atom is -0.274 e. The van der Waals surface area contributed by atoms with Gasteiger partial charge in [-0.05, 0) is 58.8 Å². The van der Waals surface area contributed by atoms with Crippen molar-refractivity contribution in [1.82, 2.24) is 19.1 Å². The zero-order valence-electron chi connectivity index (χ0n) is 23.4. The van der Waals surface area contributed by atoms with Gasteiger partial charge in [-0.1, -0.05) is 67.9 Å². The Balaban J connectivity index is 1.37. The molecule has 0 aliphatic rings. The quantitative estimate of drug-likeness (QED) is 0.193. The highest BCUT2D eigenvalue weighted by Crippen LogP contribution is 2.33. The number of aryl methyl sites for hydroxylation is 1. The fraction of sp³-hybridized carbons (Fsp3) is 0.194. The maximum Gasteiger partial charge on any atom is 0.418 e. The van der Waals surface area contributed by atoms with Crippen molar-refractivity contribution in [2.24, 2.45) is 0 Å². The van der Waals surface area contributed by atoms with Crippen LogP contribution in [-0.4, -0.2) is 28.7 Å². The first kappa shape index (κ1) is 31.0. The van der Waals surface area contributed by atoms with Crippen LogP contribution in [0.3, 0.4) is 0 Å². The summed E-state index contributed by atoms with van der Waals surface area (Å²) in [6, 6.07) is 21.3. The summed E-state index contributed by atoms with van der Waals surface area (Å²) in [4.78, 5) is 25.8. The third kappa shape index (κ3) is 6.68. The van der Waals surface area contributed by atoms with Gasteiger partial charge >= 0.3 is 11.9 Å². The van der Waals surface area contributed by atoms with Gasteiger partial charge in [0, 0.05) is 6.42 Å². The first-order chi connectivity index (χ1) is 21.0. The average molecular weight is 641 g/mol. The summed E-state index contributed by atoms with van der Waals surface area (Å²) in [6.45, 7) is 2.08. The number of thiophene rings is 1. The molecule has 0 bridgehead atoms. The molecule has 2 heterocycles. The van der Waals surface area contributed by atoms with Crippen LogP contribution in [0.25, 0.3) is 16.8 Å². The van der Waals surface area contributed by atoms with Gasteiger partial charge in [-0.15, -0.1) is 16.4 Å². The minimum atomic E-state index is -4.65. The van der Waals surface area contributed by atoms with Gasteiger partial charge in [0.15, 0.2) is 0 Å². The van der Waals surface area contributed by atoms with Gasteiger partial charge in [-0.2, -0.15) is 17.9 Å². The Hall–Kier alpha value is -4.49. The number of nitrogens with one attached hydrogen (secondary N) is 1. The van der Waals surface area contributed by atoms with Gasteiger partial charge in [-0.25, -0.2) is 17.9 Å². The highest BCUT2D eigenvalue weighted by Gasteiger charge is 2.34. The number of halogens is 3. The molecule has 0 unspecified atom stereocenters. The summed E-state index contributed by atoms with van der Waals surface area (Å²) in [7, 11) is -4.07. The molecule has 0 atom stereocenters. The van der Waals surface area contributed by atoms with Crippen LogP contribution in [-0.2, 0) is 29.2 Å². The fourth-order valence-corrected chi connectivity index (χ4v) is 6.27. The van der Waals surface area contributed by atoms with E-state index in [0.717, 1.165) is 45.2 Å². The molecule has 0 radical (unpaired) electrons. The van der Waals surface area contributed by atoms with Crippen molar-refractivity contribution in [1.29, 1.82) is 0 Å². The number of amides is 1. The molecule has 1 N–H and O–H groups in total. The van der Waals surface area contributed by atoms with E-state index in [2.05, 4.69) is 9.82 Å². The van der Waals surface area contributed by atoms with E-state index in [4.69, 9.17) is 0 Å². The lowest BCUT2D eigenvalue weighted by Gasteiger charge is -2.11. The van der Waals surface area contributed by atoms with E-state index in [-0.39, 0.29) is 22.0 Å². The third-order valence-corrected chi connectivity index (χ3v) is 9.11. The maximum atomic E-state index is 13.7. The number of nitrogens with zero attached hydrogens (tertiary/aromatic N) is 3. The molecule has 0 saturated carbocycles. The Morgan fingerprint density at radius 2 is 1.59 bits per heavy atom. The fourth-order valence-electron chi connectivity index (χ4n) is 4.62. The monoisotopic (exact) mass is 640 g/mol. The standard InChI is InChI=1S/C31H27F3N4O4S2/c1-2-3-10-28-35-38(26-8-5-4-7-25(26)31(32,33)34)30(40)37(28)20-21-11-13-22(14-12-21)23-15-17-24(18-16-23)44(41,42)36-29(39)27-9-6-19-43-27/h4-9,11-19H,2-3,10,20H2,1H3,(H,36,39). The molecule has 0 aliphatic heterocycles. The second-order valence-corrected chi connectivity index (χ2v) is 12.6. The lowest BCUT2D eigenvalue weighted by Crippen LogP contribution is -2.29. The van der Waals surface area contributed by atoms with E-state index >= 15 is 0 Å². The Labute approximate surface area is 255 Å². The van der Waals surface area contributed by atoms with Crippen LogP contribution in [0.4, 0.5) is 13.2 Å². The van der Waals surface area contributed by atoms with E-state index in [1.165, 1.54) is 41.0 Å². The van der Waals surface area contributed by atoms with E-state index < -0.39 is 33.4 Å². The minimum absolute atomic E-state index is 0.0640. The Bertz CT molecular complexity index is 1930. The Morgan fingerprint density at radius 1 is 0.932 bits per heavy atom. The number of carbonyl (C=O) groups is 1. The summed E-state index contributed by atoms with van der Waals surface area (Å²) < 4.78 is 70.7. The van der Waals surface area contributed by atoms with E-state index in [1.54, 1.807) is 47.8 Å². The van der Waals surface area contributed by atoms with Crippen molar-refractivity contribution >= 4 is 27.3 Å². The average Bonchev–Trinajstić information content (AvgIpc) is 3.65. The first-order valence-electron chi connectivity index (χ1n) is 13.6. The molecule has 5 rings (SSSR count). The van der Waals surface area contributed by atoms with Gasteiger partial charge in [-0.3, -0.25) is 9.36 Å². The largest absolute Gasteiger partial charge is 0.418 e. The number of para-hydroxylation sites is 1. The molecule has 1 amide bonds. The van der Waals surface area contributed by atoms with Gasteiger partial charge in [0.1, 0.15) is 5.82 Å². The van der Waals surface area contributed by atoms with Crippen LogP contribution in [0.1, 0.15) is 46.4 Å². The van der Waals surface area contributed by atoms with Gasteiger partial charge in [0.25, 0.3) is 15.9 Å². The molecule has 0 spiro atoms. The van der Waals surface area contributed by atoms with Crippen molar-refractivity contribution in [2.45, 2.75) is 43.8 Å². The van der Waals surface area contributed by atoms with Crippen LogP contribution in [0.15, 0.2) is 100.0 Å². The predicted molar refractivity (Wildman–Crippen MR) is 161 cm³/mol. The van der Waals surface area contributed by atoms with Crippen molar-refractivity contribution in [3.63, 3.8) is 0 Å². The summed E-state index contributed by atoms with van der Waals surface area (Å²) in [5.74, 6) is -0.312. The second kappa shape index (κ2) is 12.6. The van der Waals surface area contributed by atoms with Crippen LogP contribution in [0.2, 0.25) is 0 Å². The molecule has 3 aromatic carbocycles. The molecular weight excluding hydrogens is 613 g/mol. The summed E-state index contributed by atoms with van der Waals surface area (Å²) in [5.41, 5.74) is 0.286. The molecule has 13 heteroatoms. The third-order valence-electron chi connectivity index (χ3n) is 6.90. The molecule has 0 aliphatic carbocycles. The lowest BCUT2D eigenvalue weighted by molar-refractivity contribution is -0.137. The number of hydrogen-bond acceptors (Lipinski definition) is 6. The normalized spacial score (nSPS) is 11.9. The van der Waals surface area contributed by atoms with Gasteiger partial charge in [0.05, 0.1) is 27.6 Å². The van der Waals surface area contributed by atoms with Crippen molar-refractivity contribution < 1.29 is 26.4 Å². The Kier molecular flexibility index (Phi) is 8.88. The number of rotatable bonds is 10. The van der Waals surface area contributed by atoms with Gasteiger partial charge < -0.3 is 0 Å². The number of benzene rings is 3. The van der Waals surface area contributed by atoms with Crippen LogP contribution in [0, 0.1) is 0 Å². The highest BCUT2D eigenvalue weighted by molar-refractivity contribution is 7.90. The first-order valence-corrected chi connectivity index (χ1v) is 16.0. The van der Waals surface area contributed by atoms with E-state index in [0.29, 0.717) is 18.7 Å². The number of hydrogen-bond donors (Lipinski definition) is 1. The molecule has 8 nitrogen and oxygen atoms in total. The number of sulfonamides is 1. The topological polar surface area (TPSA) is 103 Å². The number of aromatic nitrogens is 3. The van der Waals surface area contributed by atoms with Crippen molar-refractivity contribution in [3.8, 4) is 16.8 Å². The lowest BCUT2D eigenvalue weighted by atomic mass is 10.0. The molecule has 0 saturated heterocycles. The smallest absolute Gasteiger partial charge is 0.274 e. The Morgan fingerprint density at radius 3 is 2.20 bits per heavy atom. The molecule has 44 heavy (non-hydrogen) atoms. The molecule has 228 valence electrons. The number of carbonyl (C=O) groups excluding carboxylic acids is 1. The van der Waals surface area contributed by atoms with E-state index in [1.807, 2.05) is 6.92 Å². The van der Waals surface area contributed by atoms with Crippen molar-refractivity contribution in [2.75, 3.05) is 0 Å².